The summed E-state index contributed by atoms with van der Waals surface area (Å²) in [6.45, 7) is 2.42. The third-order valence-corrected chi connectivity index (χ3v) is 12.1. The molecule has 0 radical (unpaired) electrons. The van der Waals surface area contributed by atoms with Crippen molar-refractivity contribution in [2.24, 2.45) is 0 Å². The molecule has 0 nitrogen and oxygen atoms in total. The fourth-order valence-electron chi connectivity index (χ4n) is 9.42. The van der Waals surface area contributed by atoms with Crippen molar-refractivity contribution in [2.75, 3.05) is 0 Å². The second-order valence-electron chi connectivity index (χ2n) is 15.0. The molecule has 0 saturated heterocycles. The van der Waals surface area contributed by atoms with E-state index in [-0.39, 0.29) is 5.41 Å². The Morgan fingerprint density at radius 3 is 1.70 bits per heavy atom. The van der Waals surface area contributed by atoms with Gasteiger partial charge in [0.1, 0.15) is 0 Å². The van der Waals surface area contributed by atoms with Gasteiger partial charge in [-0.3, -0.25) is 0 Å². The van der Waals surface area contributed by atoms with Crippen molar-refractivity contribution in [2.45, 2.75) is 12.3 Å². The Morgan fingerprint density at radius 1 is 0.296 bits per heavy atom. The molecule has 252 valence electrons. The lowest BCUT2D eigenvalue weighted by molar-refractivity contribution is 0.715. The summed E-state index contributed by atoms with van der Waals surface area (Å²) in [6, 6.07) is 74.4. The Labute approximate surface area is 315 Å². The molecule has 0 aliphatic heterocycles. The molecule has 0 saturated carbocycles. The summed E-state index contributed by atoms with van der Waals surface area (Å²) in [7, 11) is 0. The molecule has 11 rings (SSSR count). The second kappa shape index (κ2) is 11.9. The van der Waals surface area contributed by atoms with Crippen LogP contribution >= 0.6 is 0 Å². The first-order valence-electron chi connectivity index (χ1n) is 18.9. The van der Waals surface area contributed by atoms with Gasteiger partial charge in [-0.15, -0.1) is 0 Å². The van der Waals surface area contributed by atoms with Crippen LogP contribution in [0.2, 0.25) is 0 Å². The predicted molar refractivity (Wildman–Crippen MR) is 230 cm³/mol. The topological polar surface area (TPSA) is 0 Å². The SMILES string of the molecule is CC1(c2ccccc2)c2cc(-c3ccccc3-c3cccc(-c4c5ccccc5cc5c4ccc4ccccc45)c3)ccc2-c2cc3ccccc3cc21. The molecule has 54 heavy (non-hydrogen) atoms. The minimum Gasteiger partial charge on any atom is -0.0622 e. The highest BCUT2D eigenvalue weighted by molar-refractivity contribution is 6.20. The van der Waals surface area contributed by atoms with Crippen LogP contribution in [0.5, 0.6) is 0 Å². The first kappa shape index (κ1) is 30.8. The van der Waals surface area contributed by atoms with Crippen molar-refractivity contribution in [3.63, 3.8) is 0 Å². The molecule has 0 fully saturated rings. The van der Waals surface area contributed by atoms with E-state index in [1.165, 1.54) is 104 Å². The molecule has 10 aromatic rings. The maximum atomic E-state index is 2.47. The van der Waals surface area contributed by atoms with Crippen LogP contribution in [0.3, 0.4) is 0 Å². The molecule has 1 aliphatic carbocycles. The van der Waals surface area contributed by atoms with Crippen molar-refractivity contribution in [3.05, 3.63) is 217 Å². The predicted octanol–water partition coefficient (Wildman–Crippen LogP) is 14.6. The molecule has 0 heteroatoms. The van der Waals surface area contributed by atoms with E-state index < -0.39 is 0 Å². The summed E-state index contributed by atoms with van der Waals surface area (Å²) < 4.78 is 0. The van der Waals surface area contributed by atoms with E-state index >= 15 is 0 Å². The van der Waals surface area contributed by atoms with Crippen LogP contribution in [0.4, 0.5) is 0 Å². The second-order valence-corrected chi connectivity index (χ2v) is 15.0. The Morgan fingerprint density at radius 2 is 0.907 bits per heavy atom. The third kappa shape index (κ3) is 4.57. The highest BCUT2D eigenvalue weighted by atomic mass is 14.4. The van der Waals surface area contributed by atoms with Crippen molar-refractivity contribution in [3.8, 4) is 44.5 Å². The summed E-state index contributed by atoms with van der Waals surface area (Å²) in [5.74, 6) is 0. The van der Waals surface area contributed by atoms with Gasteiger partial charge in [-0.2, -0.15) is 0 Å². The molecule has 1 atom stereocenters. The van der Waals surface area contributed by atoms with Gasteiger partial charge in [0.15, 0.2) is 0 Å². The zero-order chi connectivity index (χ0) is 35.8. The van der Waals surface area contributed by atoms with Crippen LogP contribution in [0, 0.1) is 0 Å². The van der Waals surface area contributed by atoms with Crippen LogP contribution in [0.25, 0.3) is 87.6 Å². The van der Waals surface area contributed by atoms with E-state index in [4.69, 9.17) is 0 Å². The molecular weight excluding hydrogens is 649 g/mol. The van der Waals surface area contributed by atoms with Crippen LogP contribution in [-0.4, -0.2) is 0 Å². The van der Waals surface area contributed by atoms with E-state index in [1.807, 2.05) is 0 Å². The highest BCUT2D eigenvalue weighted by Gasteiger charge is 2.41. The van der Waals surface area contributed by atoms with Crippen molar-refractivity contribution < 1.29 is 0 Å². The maximum absolute atomic E-state index is 2.47. The van der Waals surface area contributed by atoms with Crippen molar-refractivity contribution in [1.29, 1.82) is 0 Å². The quantitative estimate of drug-likeness (QED) is 0.128. The minimum atomic E-state index is -0.291. The average molecular weight is 685 g/mol. The van der Waals surface area contributed by atoms with E-state index in [0.29, 0.717) is 0 Å². The Balaban J connectivity index is 1.10. The smallest absolute Gasteiger partial charge is 0.0435 e. The first-order valence-corrected chi connectivity index (χ1v) is 18.9. The van der Waals surface area contributed by atoms with Gasteiger partial charge in [0.05, 0.1) is 0 Å². The number of hydrogen-bond acceptors (Lipinski definition) is 0. The zero-order valence-electron chi connectivity index (χ0n) is 30.1. The number of rotatable bonds is 4. The van der Waals surface area contributed by atoms with Gasteiger partial charge in [0.25, 0.3) is 0 Å². The molecule has 0 heterocycles. The van der Waals surface area contributed by atoms with E-state index in [9.17, 15) is 0 Å². The average Bonchev–Trinajstić information content (AvgIpc) is 3.49. The van der Waals surface area contributed by atoms with Crippen molar-refractivity contribution in [1.82, 2.24) is 0 Å². The van der Waals surface area contributed by atoms with Crippen LogP contribution in [0.1, 0.15) is 23.6 Å². The standard InChI is InChI=1S/C54H36/c1-54(42-20-3-2-4-21-42)51-34-40(27-28-47(51)50-31-36-15-5-6-16-37(36)33-52(50)54)45-24-12-11-23-44(45)38-18-13-19-41(30-38)53-46-25-10-8-17-39(46)32-49-43-22-9-7-14-35(43)26-29-48(49)53/h2-34H,1H3. The van der Waals surface area contributed by atoms with Gasteiger partial charge in [-0.1, -0.05) is 170 Å². The fourth-order valence-corrected chi connectivity index (χ4v) is 9.42. The molecule has 0 aromatic heterocycles. The molecule has 0 amide bonds. The van der Waals surface area contributed by atoms with Gasteiger partial charge in [-0.25, -0.2) is 0 Å². The normalized spacial score (nSPS) is 14.8. The van der Waals surface area contributed by atoms with Crippen molar-refractivity contribution >= 4 is 43.1 Å². The molecule has 1 unspecified atom stereocenters. The molecule has 1 aliphatic rings. The van der Waals surface area contributed by atoms with Gasteiger partial charge in [-0.05, 0) is 142 Å². The van der Waals surface area contributed by atoms with E-state index in [0.717, 1.165) is 0 Å². The summed E-state index contributed by atoms with van der Waals surface area (Å²) >= 11 is 0. The van der Waals surface area contributed by atoms with E-state index in [1.54, 1.807) is 0 Å². The molecule has 0 N–H and O–H groups in total. The summed E-state index contributed by atoms with van der Waals surface area (Å²) in [5.41, 5.74) is 13.8. The van der Waals surface area contributed by atoms with Gasteiger partial charge >= 0.3 is 0 Å². The van der Waals surface area contributed by atoms with Gasteiger partial charge < -0.3 is 0 Å². The molecule has 10 aromatic carbocycles. The minimum absolute atomic E-state index is 0.291. The largest absolute Gasteiger partial charge is 0.0622 e. The fraction of sp³-hybridized carbons (Fsp3) is 0.0370. The summed E-state index contributed by atoms with van der Waals surface area (Å²) in [6.07, 6.45) is 0. The highest BCUT2D eigenvalue weighted by Crippen LogP contribution is 2.54. The number of benzene rings is 10. The maximum Gasteiger partial charge on any atom is 0.0435 e. The Hall–Kier alpha value is -6.76. The molecule has 0 bridgehead atoms. The first-order chi connectivity index (χ1) is 26.6. The van der Waals surface area contributed by atoms with E-state index in [2.05, 4.69) is 207 Å². The number of hydrogen-bond donors (Lipinski definition) is 0. The number of fused-ring (bicyclic) bond motifs is 8. The monoisotopic (exact) mass is 684 g/mol. The lowest BCUT2D eigenvalue weighted by atomic mass is 9.73. The van der Waals surface area contributed by atoms with Crippen LogP contribution in [0.15, 0.2) is 200 Å². The summed E-state index contributed by atoms with van der Waals surface area (Å²) in [5, 5.41) is 10.2. The third-order valence-electron chi connectivity index (χ3n) is 12.1. The Kier molecular flexibility index (Phi) is 6.78. The van der Waals surface area contributed by atoms with Crippen LogP contribution < -0.4 is 0 Å². The van der Waals surface area contributed by atoms with Crippen LogP contribution in [-0.2, 0) is 5.41 Å². The lowest BCUT2D eigenvalue weighted by Gasteiger charge is -2.29. The summed E-state index contributed by atoms with van der Waals surface area (Å²) in [4.78, 5) is 0. The Bertz CT molecular complexity index is 3110. The molecule has 0 spiro atoms. The van der Waals surface area contributed by atoms with Gasteiger partial charge in [0, 0.05) is 5.41 Å². The lowest BCUT2D eigenvalue weighted by Crippen LogP contribution is -2.22. The van der Waals surface area contributed by atoms with Gasteiger partial charge in [0.2, 0.25) is 0 Å². The zero-order valence-corrected chi connectivity index (χ0v) is 30.1. The molecular formula is C54H36.